The van der Waals surface area contributed by atoms with Gasteiger partial charge in [-0.2, -0.15) is 0 Å². The number of phenolic OH excluding ortho intramolecular Hbond substituents is 4. The first-order valence-corrected chi connectivity index (χ1v) is 9.64. The number of aliphatic hydroxyl groups is 4. The molecule has 0 amide bonds. The Morgan fingerprint density at radius 3 is 2.27 bits per heavy atom. The van der Waals surface area contributed by atoms with Crippen LogP contribution in [0.4, 0.5) is 0 Å². The van der Waals surface area contributed by atoms with Gasteiger partial charge >= 0.3 is 0 Å². The molecule has 0 unspecified atom stereocenters. The van der Waals surface area contributed by atoms with Gasteiger partial charge in [0, 0.05) is 17.7 Å². The molecule has 4 rings (SSSR count). The van der Waals surface area contributed by atoms with Gasteiger partial charge in [-0.3, -0.25) is 4.79 Å². The fourth-order valence-electron chi connectivity index (χ4n) is 3.48. The Hall–Kier alpha value is -3.55. The molecule has 176 valence electrons. The van der Waals surface area contributed by atoms with Crippen molar-refractivity contribution in [1.29, 1.82) is 0 Å². The van der Waals surface area contributed by atoms with E-state index < -0.39 is 77.1 Å². The Bertz CT molecular complexity index is 1250. The lowest BCUT2D eigenvalue weighted by Gasteiger charge is -2.39. The van der Waals surface area contributed by atoms with Gasteiger partial charge in [0.1, 0.15) is 41.3 Å². The maximum absolute atomic E-state index is 12.6. The molecule has 1 aliphatic rings. The van der Waals surface area contributed by atoms with Gasteiger partial charge in [-0.05, 0) is 18.2 Å². The molecule has 0 bridgehead atoms. The lowest BCUT2D eigenvalue weighted by Crippen LogP contribution is -2.60. The average molecular weight is 464 g/mol. The number of fused-ring (bicyclic) bond motifs is 1. The van der Waals surface area contributed by atoms with Gasteiger partial charge in [0.25, 0.3) is 0 Å². The SMILES string of the molecule is O=c1cc(-c2ccc(O)c(O)c2)oc2c(O)c(O[C@H]3O[C@@H](CO)[C@H](O)[C@H](O)[C@@H]3O)cc(O)c12. The summed E-state index contributed by atoms with van der Waals surface area (Å²) in [5.74, 6) is -2.92. The van der Waals surface area contributed by atoms with Crippen LogP contribution in [-0.4, -0.2) is 78.2 Å². The second-order valence-electron chi connectivity index (χ2n) is 7.44. The predicted molar refractivity (Wildman–Crippen MR) is 109 cm³/mol. The molecule has 1 fully saturated rings. The van der Waals surface area contributed by atoms with E-state index in [-0.39, 0.29) is 16.7 Å². The molecule has 12 heteroatoms. The first kappa shape index (κ1) is 22.6. The van der Waals surface area contributed by atoms with E-state index in [4.69, 9.17) is 13.9 Å². The van der Waals surface area contributed by atoms with Crippen molar-refractivity contribution in [3.8, 4) is 40.1 Å². The molecule has 0 radical (unpaired) electrons. The van der Waals surface area contributed by atoms with Crippen LogP contribution in [0.15, 0.2) is 39.5 Å². The predicted octanol–water partition coefficient (Wildman–Crippen LogP) is -0.539. The van der Waals surface area contributed by atoms with Crippen molar-refractivity contribution in [3.05, 3.63) is 40.6 Å². The standard InChI is InChI=1S/C21H20O12/c22-6-14-16(27)18(29)19(30)21(33-14)32-13-5-11(26)15-10(25)4-12(31-20(15)17(13)28)7-1-2-8(23)9(24)3-7/h1-5,14,16,18-19,21-24,26-30H,6H2/t14-,16-,18-,19-,21-/m0/s1. The molecule has 2 aromatic carbocycles. The number of ether oxygens (including phenoxy) is 2. The van der Waals surface area contributed by atoms with Crippen molar-refractivity contribution in [1.82, 2.24) is 0 Å². The number of aliphatic hydroxyl groups excluding tert-OH is 4. The van der Waals surface area contributed by atoms with Crippen molar-refractivity contribution >= 4 is 11.0 Å². The number of aromatic hydroxyl groups is 4. The Morgan fingerprint density at radius 2 is 1.61 bits per heavy atom. The van der Waals surface area contributed by atoms with Crippen molar-refractivity contribution in [2.45, 2.75) is 30.7 Å². The van der Waals surface area contributed by atoms with Crippen LogP contribution in [0.2, 0.25) is 0 Å². The summed E-state index contributed by atoms with van der Waals surface area (Å²) in [5, 5.41) is 79.0. The first-order chi connectivity index (χ1) is 15.6. The summed E-state index contributed by atoms with van der Waals surface area (Å²) in [7, 11) is 0. The molecule has 5 atom stereocenters. The average Bonchev–Trinajstić information content (AvgIpc) is 2.78. The molecule has 3 aromatic rings. The van der Waals surface area contributed by atoms with E-state index in [9.17, 15) is 45.6 Å². The second kappa shape index (κ2) is 8.42. The third-order valence-electron chi connectivity index (χ3n) is 5.27. The van der Waals surface area contributed by atoms with E-state index in [1.807, 2.05) is 0 Å². The summed E-state index contributed by atoms with van der Waals surface area (Å²) in [6, 6.07) is 5.48. The highest BCUT2D eigenvalue weighted by Crippen LogP contribution is 2.42. The molecule has 0 saturated carbocycles. The quantitative estimate of drug-likeness (QED) is 0.181. The van der Waals surface area contributed by atoms with E-state index >= 15 is 0 Å². The van der Waals surface area contributed by atoms with Gasteiger partial charge in [0.2, 0.25) is 12.0 Å². The molecule has 8 N–H and O–H groups in total. The lowest BCUT2D eigenvalue weighted by molar-refractivity contribution is -0.277. The topological polar surface area (TPSA) is 211 Å². The van der Waals surface area contributed by atoms with Crippen LogP contribution >= 0.6 is 0 Å². The Labute approximate surface area is 184 Å². The molecule has 0 spiro atoms. The molecule has 33 heavy (non-hydrogen) atoms. The summed E-state index contributed by atoms with van der Waals surface area (Å²) in [6.45, 7) is -0.711. The highest BCUT2D eigenvalue weighted by Gasteiger charge is 2.45. The van der Waals surface area contributed by atoms with E-state index in [2.05, 4.69) is 0 Å². The van der Waals surface area contributed by atoms with Crippen LogP contribution in [0.5, 0.6) is 28.7 Å². The summed E-state index contributed by atoms with van der Waals surface area (Å²) >= 11 is 0. The lowest BCUT2D eigenvalue weighted by atomic mass is 9.99. The minimum atomic E-state index is -1.79. The molecular formula is C21H20O12. The largest absolute Gasteiger partial charge is 0.507 e. The third kappa shape index (κ3) is 3.90. The normalized spacial score (nSPS) is 25.3. The minimum absolute atomic E-state index is 0.123. The molecule has 0 aliphatic carbocycles. The maximum atomic E-state index is 12.6. The zero-order valence-corrected chi connectivity index (χ0v) is 16.7. The number of phenols is 4. The number of rotatable bonds is 4. The van der Waals surface area contributed by atoms with Gasteiger partial charge in [-0.1, -0.05) is 0 Å². The van der Waals surface area contributed by atoms with E-state index in [1.165, 1.54) is 6.07 Å². The maximum Gasteiger partial charge on any atom is 0.229 e. The van der Waals surface area contributed by atoms with E-state index in [1.54, 1.807) is 0 Å². The highest BCUT2D eigenvalue weighted by atomic mass is 16.7. The third-order valence-corrected chi connectivity index (χ3v) is 5.27. The molecule has 1 saturated heterocycles. The zero-order valence-electron chi connectivity index (χ0n) is 16.7. The fourth-order valence-corrected chi connectivity index (χ4v) is 3.48. The molecule has 1 aliphatic heterocycles. The molecular weight excluding hydrogens is 444 g/mol. The van der Waals surface area contributed by atoms with Gasteiger partial charge < -0.3 is 54.7 Å². The number of hydrogen-bond donors (Lipinski definition) is 8. The van der Waals surface area contributed by atoms with Crippen LogP contribution in [0.25, 0.3) is 22.3 Å². The van der Waals surface area contributed by atoms with Crippen molar-refractivity contribution in [3.63, 3.8) is 0 Å². The van der Waals surface area contributed by atoms with Gasteiger partial charge in [0.05, 0.1) is 6.61 Å². The zero-order chi connectivity index (χ0) is 24.0. The van der Waals surface area contributed by atoms with Gasteiger partial charge in [0.15, 0.2) is 28.3 Å². The molecule has 2 heterocycles. The summed E-state index contributed by atoms with van der Waals surface area (Å²) in [4.78, 5) is 12.6. The van der Waals surface area contributed by atoms with Gasteiger partial charge in [-0.25, -0.2) is 0 Å². The van der Waals surface area contributed by atoms with Crippen molar-refractivity contribution in [2.75, 3.05) is 6.61 Å². The Kier molecular flexibility index (Phi) is 5.78. The van der Waals surface area contributed by atoms with Crippen LogP contribution in [0.1, 0.15) is 0 Å². The highest BCUT2D eigenvalue weighted by molar-refractivity contribution is 5.91. The molecule has 1 aromatic heterocycles. The fraction of sp³-hybridized carbons (Fsp3) is 0.286. The van der Waals surface area contributed by atoms with Crippen LogP contribution in [-0.2, 0) is 4.74 Å². The Balaban J connectivity index is 1.78. The number of benzene rings is 2. The van der Waals surface area contributed by atoms with Crippen LogP contribution in [0.3, 0.4) is 0 Å². The Morgan fingerprint density at radius 1 is 0.879 bits per heavy atom. The van der Waals surface area contributed by atoms with E-state index in [0.717, 1.165) is 24.3 Å². The summed E-state index contributed by atoms with van der Waals surface area (Å²) < 4.78 is 16.1. The van der Waals surface area contributed by atoms with Crippen molar-refractivity contribution < 1.29 is 54.7 Å². The second-order valence-corrected chi connectivity index (χ2v) is 7.44. The van der Waals surface area contributed by atoms with Crippen molar-refractivity contribution in [2.24, 2.45) is 0 Å². The van der Waals surface area contributed by atoms with E-state index in [0.29, 0.717) is 0 Å². The smallest absolute Gasteiger partial charge is 0.229 e. The monoisotopic (exact) mass is 464 g/mol. The first-order valence-electron chi connectivity index (χ1n) is 9.64. The van der Waals surface area contributed by atoms with Crippen LogP contribution in [0, 0.1) is 0 Å². The number of hydrogen-bond acceptors (Lipinski definition) is 12. The summed E-state index contributed by atoms with van der Waals surface area (Å²) in [5.41, 5.74) is -1.07. The minimum Gasteiger partial charge on any atom is -0.507 e. The van der Waals surface area contributed by atoms with Crippen LogP contribution < -0.4 is 10.2 Å². The summed E-state index contributed by atoms with van der Waals surface area (Å²) in [6.07, 6.45) is -8.13. The molecule has 12 nitrogen and oxygen atoms in total. The van der Waals surface area contributed by atoms with Gasteiger partial charge in [-0.15, -0.1) is 0 Å².